The van der Waals surface area contributed by atoms with E-state index in [1.165, 1.54) is 23.6 Å². The molecule has 0 atom stereocenters. The van der Waals surface area contributed by atoms with E-state index in [-0.39, 0.29) is 17.6 Å². The molecule has 3 aromatic rings. The van der Waals surface area contributed by atoms with Crippen LogP contribution in [0.3, 0.4) is 0 Å². The minimum atomic E-state index is -0.277. The highest BCUT2D eigenvalue weighted by atomic mass is 16.3. The highest BCUT2D eigenvalue weighted by Gasteiger charge is 2.10. The first-order valence-electron chi connectivity index (χ1n) is 11.4. The SMILES string of the molecule is CC(=O)NCCNC(=O)c1cc(CCC/C(C)=C/c2cc(CCCc3ccoc3)co2)co1. The van der Waals surface area contributed by atoms with Gasteiger partial charge in [-0.3, -0.25) is 9.59 Å². The Morgan fingerprint density at radius 3 is 2.39 bits per heavy atom. The molecule has 0 unspecified atom stereocenters. The number of carbonyl (C=O) groups excluding carboxylic acids is 2. The summed E-state index contributed by atoms with van der Waals surface area (Å²) in [5.74, 6) is 0.771. The Balaban J connectivity index is 1.36. The third-order valence-corrected chi connectivity index (χ3v) is 5.27. The molecule has 0 aromatic carbocycles. The van der Waals surface area contributed by atoms with Crippen LogP contribution in [0.25, 0.3) is 6.08 Å². The van der Waals surface area contributed by atoms with Gasteiger partial charge in [-0.15, -0.1) is 0 Å². The molecule has 3 aromatic heterocycles. The quantitative estimate of drug-likeness (QED) is 0.358. The van der Waals surface area contributed by atoms with Gasteiger partial charge in [0.25, 0.3) is 5.91 Å². The van der Waals surface area contributed by atoms with Crippen molar-refractivity contribution in [2.24, 2.45) is 0 Å². The molecule has 2 N–H and O–H groups in total. The lowest BCUT2D eigenvalue weighted by molar-refractivity contribution is -0.118. The minimum absolute atomic E-state index is 0.122. The van der Waals surface area contributed by atoms with Gasteiger partial charge in [0.2, 0.25) is 5.91 Å². The summed E-state index contributed by atoms with van der Waals surface area (Å²) in [5.41, 5.74) is 4.67. The molecule has 0 aliphatic carbocycles. The van der Waals surface area contributed by atoms with Crippen molar-refractivity contribution in [1.82, 2.24) is 10.6 Å². The van der Waals surface area contributed by atoms with Gasteiger partial charge in [-0.05, 0) is 86.4 Å². The van der Waals surface area contributed by atoms with Crippen molar-refractivity contribution in [3.8, 4) is 0 Å². The standard InChI is InChI=1S/C26H32N2O5/c1-19(13-24-14-22(17-32-24)8-4-6-21-9-12-31-16-21)5-3-7-23-15-25(33-18-23)26(30)28-11-10-27-20(2)29/h9,12-18H,3-8,10-11H2,1-2H3,(H,27,29)(H,28,30)/b19-13+. The number of furan rings is 3. The van der Waals surface area contributed by atoms with Crippen molar-refractivity contribution in [2.75, 3.05) is 13.1 Å². The zero-order chi connectivity index (χ0) is 23.5. The molecular weight excluding hydrogens is 420 g/mol. The van der Waals surface area contributed by atoms with Crippen molar-refractivity contribution in [2.45, 2.75) is 52.4 Å². The first kappa shape index (κ1) is 24.2. The molecule has 7 nitrogen and oxygen atoms in total. The Labute approximate surface area is 194 Å². The summed E-state index contributed by atoms with van der Waals surface area (Å²) in [6.07, 6.45) is 14.8. The van der Waals surface area contributed by atoms with E-state index in [0.717, 1.165) is 49.8 Å². The van der Waals surface area contributed by atoms with Gasteiger partial charge in [-0.1, -0.05) is 5.57 Å². The van der Waals surface area contributed by atoms with Gasteiger partial charge >= 0.3 is 0 Å². The normalized spacial score (nSPS) is 11.5. The van der Waals surface area contributed by atoms with Crippen LogP contribution in [-0.2, 0) is 24.1 Å². The number of nitrogens with one attached hydrogen (secondary N) is 2. The first-order chi connectivity index (χ1) is 16.0. The van der Waals surface area contributed by atoms with Gasteiger partial charge < -0.3 is 23.9 Å². The monoisotopic (exact) mass is 452 g/mol. The predicted molar refractivity (Wildman–Crippen MR) is 126 cm³/mol. The van der Waals surface area contributed by atoms with Gasteiger partial charge in [0, 0.05) is 20.0 Å². The van der Waals surface area contributed by atoms with Gasteiger partial charge in [-0.25, -0.2) is 0 Å². The van der Waals surface area contributed by atoms with E-state index < -0.39 is 0 Å². The van der Waals surface area contributed by atoms with Crippen LogP contribution in [0.1, 0.15) is 66.1 Å². The average molecular weight is 453 g/mol. The summed E-state index contributed by atoms with van der Waals surface area (Å²) in [4.78, 5) is 22.9. The molecule has 176 valence electrons. The van der Waals surface area contributed by atoms with Crippen LogP contribution in [0.15, 0.2) is 62.1 Å². The van der Waals surface area contributed by atoms with Gasteiger partial charge in [0.15, 0.2) is 5.76 Å². The van der Waals surface area contributed by atoms with Crippen LogP contribution in [0, 0.1) is 0 Å². The molecule has 0 radical (unpaired) electrons. The summed E-state index contributed by atoms with van der Waals surface area (Å²) in [6.45, 7) is 4.29. The maximum atomic E-state index is 12.1. The van der Waals surface area contributed by atoms with E-state index in [1.807, 2.05) is 12.3 Å². The molecule has 0 saturated carbocycles. The topological polar surface area (TPSA) is 97.6 Å². The molecule has 3 heterocycles. The van der Waals surface area contributed by atoms with E-state index in [2.05, 4.69) is 29.7 Å². The molecular formula is C26H32N2O5. The van der Waals surface area contributed by atoms with Crippen molar-refractivity contribution in [3.05, 3.63) is 77.0 Å². The molecule has 33 heavy (non-hydrogen) atoms. The number of carbonyl (C=O) groups is 2. The molecule has 0 bridgehead atoms. The van der Waals surface area contributed by atoms with Crippen molar-refractivity contribution in [3.63, 3.8) is 0 Å². The molecule has 0 aliphatic rings. The minimum Gasteiger partial charge on any atom is -0.472 e. The molecule has 0 fully saturated rings. The molecule has 7 heteroatoms. The largest absolute Gasteiger partial charge is 0.472 e. The molecule has 2 amide bonds. The Morgan fingerprint density at radius 2 is 1.61 bits per heavy atom. The fraction of sp³-hybridized carbons (Fsp3) is 0.385. The average Bonchev–Trinajstić information content (AvgIpc) is 3.54. The second kappa shape index (κ2) is 12.5. The summed E-state index contributed by atoms with van der Waals surface area (Å²) in [5, 5.41) is 5.35. The zero-order valence-corrected chi connectivity index (χ0v) is 19.3. The van der Waals surface area contributed by atoms with Gasteiger partial charge in [-0.2, -0.15) is 0 Å². The smallest absolute Gasteiger partial charge is 0.287 e. The van der Waals surface area contributed by atoms with Crippen LogP contribution >= 0.6 is 0 Å². The van der Waals surface area contributed by atoms with E-state index in [1.54, 1.807) is 24.9 Å². The maximum absolute atomic E-state index is 12.1. The lowest BCUT2D eigenvalue weighted by Gasteiger charge is -2.03. The van der Waals surface area contributed by atoms with Crippen LogP contribution < -0.4 is 10.6 Å². The summed E-state index contributed by atoms with van der Waals surface area (Å²) in [7, 11) is 0. The summed E-state index contributed by atoms with van der Waals surface area (Å²) >= 11 is 0. The Morgan fingerprint density at radius 1 is 0.879 bits per heavy atom. The summed E-state index contributed by atoms with van der Waals surface area (Å²) in [6, 6.07) is 5.88. The highest BCUT2D eigenvalue weighted by molar-refractivity contribution is 5.91. The number of amides is 2. The van der Waals surface area contributed by atoms with Crippen LogP contribution in [0.2, 0.25) is 0 Å². The van der Waals surface area contributed by atoms with Gasteiger partial charge in [0.1, 0.15) is 5.76 Å². The second-order valence-corrected chi connectivity index (χ2v) is 8.24. The maximum Gasteiger partial charge on any atom is 0.287 e. The van der Waals surface area contributed by atoms with E-state index in [4.69, 9.17) is 13.3 Å². The predicted octanol–water partition coefficient (Wildman–Crippen LogP) is 4.93. The Hall–Kier alpha value is -3.48. The highest BCUT2D eigenvalue weighted by Crippen LogP contribution is 2.18. The van der Waals surface area contributed by atoms with Crippen LogP contribution in [-0.4, -0.2) is 24.9 Å². The third-order valence-electron chi connectivity index (χ3n) is 5.27. The zero-order valence-electron chi connectivity index (χ0n) is 19.3. The molecule has 0 aliphatic heterocycles. The number of hydrogen-bond donors (Lipinski definition) is 2. The third kappa shape index (κ3) is 8.52. The number of aryl methyl sites for hydroxylation is 3. The van der Waals surface area contributed by atoms with Crippen LogP contribution in [0.4, 0.5) is 0 Å². The Bertz CT molecular complexity index is 1040. The number of allylic oxidation sites excluding steroid dienone is 1. The van der Waals surface area contributed by atoms with Crippen molar-refractivity contribution >= 4 is 17.9 Å². The van der Waals surface area contributed by atoms with Gasteiger partial charge in [0.05, 0.1) is 25.1 Å². The lowest BCUT2D eigenvalue weighted by atomic mass is 10.1. The number of rotatable bonds is 13. The number of hydrogen-bond acceptors (Lipinski definition) is 5. The van der Waals surface area contributed by atoms with E-state index >= 15 is 0 Å². The molecule has 0 spiro atoms. The fourth-order valence-corrected chi connectivity index (χ4v) is 3.55. The Kier molecular flexibility index (Phi) is 9.18. The van der Waals surface area contributed by atoms with Crippen LogP contribution in [0.5, 0.6) is 0 Å². The molecule has 3 rings (SSSR count). The fourth-order valence-electron chi connectivity index (χ4n) is 3.55. The lowest BCUT2D eigenvalue weighted by Crippen LogP contribution is -2.33. The first-order valence-corrected chi connectivity index (χ1v) is 11.4. The molecule has 0 saturated heterocycles. The van der Waals surface area contributed by atoms with E-state index in [9.17, 15) is 9.59 Å². The second-order valence-electron chi connectivity index (χ2n) is 8.24. The van der Waals surface area contributed by atoms with Crippen molar-refractivity contribution < 1.29 is 22.8 Å². The van der Waals surface area contributed by atoms with E-state index in [0.29, 0.717) is 13.1 Å². The van der Waals surface area contributed by atoms with Crippen molar-refractivity contribution in [1.29, 1.82) is 0 Å². The summed E-state index contributed by atoms with van der Waals surface area (Å²) < 4.78 is 16.2.